The van der Waals surface area contributed by atoms with Crippen LogP contribution in [-0.2, 0) is 0 Å². The second-order valence-electron chi connectivity index (χ2n) is 2.16. The van der Waals surface area contributed by atoms with Crippen LogP contribution in [0.25, 0.3) is 0 Å². The van der Waals surface area contributed by atoms with Crippen LogP contribution in [0.1, 0.15) is 6.42 Å². The molecule has 1 aromatic rings. The molecule has 0 aliphatic heterocycles. The Bertz CT molecular complexity index is 203. The number of benzene rings is 1. The lowest BCUT2D eigenvalue weighted by Crippen LogP contribution is -1.94. The SMILES string of the molecule is C=CCCOc1cc[c]cc1. The van der Waals surface area contributed by atoms with E-state index in [1.165, 1.54) is 0 Å². The third-order valence-corrected chi connectivity index (χ3v) is 1.28. The van der Waals surface area contributed by atoms with Crippen molar-refractivity contribution >= 4 is 0 Å². The van der Waals surface area contributed by atoms with Gasteiger partial charge in [0.05, 0.1) is 6.61 Å². The number of ether oxygens (including phenoxy) is 1. The van der Waals surface area contributed by atoms with E-state index >= 15 is 0 Å². The predicted molar refractivity (Wildman–Crippen MR) is 45.6 cm³/mol. The molecule has 0 fully saturated rings. The highest BCUT2D eigenvalue weighted by molar-refractivity contribution is 5.20. The topological polar surface area (TPSA) is 9.23 Å². The van der Waals surface area contributed by atoms with Gasteiger partial charge in [0.15, 0.2) is 0 Å². The first kappa shape index (κ1) is 7.86. The number of hydrogen-bond acceptors (Lipinski definition) is 1. The molecular weight excluding hydrogens is 136 g/mol. The van der Waals surface area contributed by atoms with Crippen molar-refractivity contribution in [1.29, 1.82) is 0 Å². The molecule has 0 heterocycles. The Morgan fingerprint density at radius 2 is 2.18 bits per heavy atom. The predicted octanol–water partition coefficient (Wildman–Crippen LogP) is 2.44. The largest absolute Gasteiger partial charge is 0.493 e. The normalized spacial score (nSPS) is 9.09. The molecule has 1 aromatic carbocycles. The van der Waals surface area contributed by atoms with Crippen molar-refractivity contribution in [2.45, 2.75) is 6.42 Å². The molecule has 57 valence electrons. The lowest BCUT2D eigenvalue weighted by atomic mass is 10.3. The van der Waals surface area contributed by atoms with Crippen LogP contribution < -0.4 is 4.74 Å². The summed E-state index contributed by atoms with van der Waals surface area (Å²) >= 11 is 0. The summed E-state index contributed by atoms with van der Waals surface area (Å²) in [6.07, 6.45) is 2.73. The molecule has 0 atom stereocenters. The zero-order valence-corrected chi connectivity index (χ0v) is 6.42. The van der Waals surface area contributed by atoms with E-state index in [0.29, 0.717) is 6.61 Å². The quantitative estimate of drug-likeness (QED) is 0.469. The molecule has 0 saturated heterocycles. The monoisotopic (exact) mass is 147 g/mol. The van der Waals surface area contributed by atoms with Crippen LogP contribution in [0.2, 0.25) is 0 Å². The molecule has 1 nitrogen and oxygen atoms in total. The molecule has 0 amide bonds. The van der Waals surface area contributed by atoms with Crippen molar-refractivity contribution in [2.24, 2.45) is 0 Å². The maximum atomic E-state index is 5.36. The van der Waals surface area contributed by atoms with Crippen LogP contribution >= 0.6 is 0 Å². The van der Waals surface area contributed by atoms with E-state index in [4.69, 9.17) is 4.74 Å². The highest BCUT2D eigenvalue weighted by Gasteiger charge is 1.87. The smallest absolute Gasteiger partial charge is 0.119 e. The molecule has 0 aromatic heterocycles. The molecule has 0 unspecified atom stereocenters. The van der Waals surface area contributed by atoms with Gasteiger partial charge >= 0.3 is 0 Å². The molecule has 0 aliphatic carbocycles. The summed E-state index contributed by atoms with van der Waals surface area (Å²) in [5.74, 6) is 0.894. The Labute approximate surface area is 67.3 Å². The van der Waals surface area contributed by atoms with Gasteiger partial charge in [0.2, 0.25) is 0 Å². The minimum Gasteiger partial charge on any atom is -0.493 e. The summed E-state index contributed by atoms with van der Waals surface area (Å²) in [6.45, 7) is 4.31. The van der Waals surface area contributed by atoms with Gasteiger partial charge in [-0.2, -0.15) is 0 Å². The lowest BCUT2D eigenvalue weighted by molar-refractivity contribution is 0.325. The third kappa shape index (κ3) is 2.89. The van der Waals surface area contributed by atoms with Gasteiger partial charge in [-0.05, 0) is 24.6 Å². The Balaban J connectivity index is 2.33. The van der Waals surface area contributed by atoms with Crippen LogP contribution in [0.5, 0.6) is 5.75 Å². The van der Waals surface area contributed by atoms with Crippen LogP contribution in [-0.4, -0.2) is 6.61 Å². The van der Waals surface area contributed by atoms with Crippen LogP contribution in [0.4, 0.5) is 0 Å². The van der Waals surface area contributed by atoms with Gasteiger partial charge in [-0.3, -0.25) is 0 Å². The Morgan fingerprint density at radius 3 is 2.82 bits per heavy atom. The van der Waals surface area contributed by atoms with Crippen molar-refractivity contribution in [3.8, 4) is 5.75 Å². The molecule has 0 bridgehead atoms. The highest BCUT2D eigenvalue weighted by Crippen LogP contribution is 2.07. The molecular formula is C10H11O. The second kappa shape index (κ2) is 4.56. The summed E-state index contributed by atoms with van der Waals surface area (Å²) in [5.41, 5.74) is 0. The van der Waals surface area contributed by atoms with Gasteiger partial charge in [0.1, 0.15) is 5.75 Å². The Hall–Kier alpha value is -1.24. The lowest BCUT2D eigenvalue weighted by Gasteiger charge is -2.02. The molecule has 1 radical (unpaired) electrons. The summed E-state index contributed by atoms with van der Waals surface area (Å²) in [7, 11) is 0. The molecule has 0 saturated carbocycles. The highest BCUT2D eigenvalue weighted by atomic mass is 16.5. The number of hydrogen-bond donors (Lipinski definition) is 0. The van der Waals surface area contributed by atoms with Crippen molar-refractivity contribution < 1.29 is 4.74 Å². The first-order chi connectivity index (χ1) is 5.43. The molecule has 0 aliphatic rings. The number of rotatable bonds is 4. The van der Waals surface area contributed by atoms with Crippen molar-refractivity contribution in [3.63, 3.8) is 0 Å². The van der Waals surface area contributed by atoms with Gasteiger partial charge in [0.25, 0.3) is 0 Å². The van der Waals surface area contributed by atoms with Crippen molar-refractivity contribution in [3.05, 3.63) is 43.0 Å². The fraction of sp³-hybridized carbons (Fsp3) is 0.200. The molecule has 0 spiro atoms. The minimum atomic E-state index is 0.702. The van der Waals surface area contributed by atoms with E-state index in [2.05, 4.69) is 12.6 Å². The zero-order chi connectivity index (χ0) is 7.94. The van der Waals surface area contributed by atoms with E-state index in [1.807, 2.05) is 30.3 Å². The fourth-order valence-electron chi connectivity index (χ4n) is 0.728. The average molecular weight is 147 g/mol. The standard InChI is InChI=1S/C10H11O/c1-2-3-9-11-10-7-5-4-6-8-10/h2,5-8H,1,3,9H2. The average Bonchev–Trinajstić information content (AvgIpc) is 2.07. The molecule has 1 rings (SSSR count). The zero-order valence-electron chi connectivity index (χ0n) is 6.42. The molecule has 1 heteroatoms. The van der Waals surface area contributed by atoms with Crippen LogP contribution in [0.15, 0.2) is 36.9 Å². The van der Waals surface area contributed by atoms with Gasteiger partial charge in [-0.25, -0.2) is 0 Å². The molecule has 11 heavy (non-hydrogen) atoms. The minimum absolute atomic E-state index is 0.702. The Kier molecular flexibility index (Phi) is 3.26. The van der Waals surface area contributed by atoms with E-state index in [0.717, 1.165) is 12.2 Å². The van der Waals surface area contributed by atoms with E-state index in [-0.39, 0.29) is 0 Å². The fourth-order valence-corrected chi connectivity index (χ4v) is 0.728. The second-order valence-corrected chi connectivity index (χ2v) is 2.16. The van der Waals surface area contributed by atoms with Crippen LogP contribution in [0.3, 0.4) is 0 Å². The van der Waals surface area contributed by atoms with Crippen molar-refractivity contribution in [2.75, 3.05) is 6.61 Å². The maximum Gasteiger partial charge on any atom is 0.119 e. The first-order valence-electron chi connectivity index (χ1n) is 3.63. The first-order valence-corrected chi connectivity index (χ1v) is 3.63. The summed E-state index contributed by atoms with van der Waals surface area (Å²) in [6, 6.07) is 10.4. The van der Waals surface area contributed by atoms with E-state index < -0.39 is 0 Å². The maximum absolute atomic E-state index is 5.36. The van der Waals surface area contributed by atoms with E-state index in [1.54, 1.807) is 0 Å². The Morgan fingerprint density at radius 1 is 1.45 bits per heavy atom. The molecule has 0 N–H and O–H groups in total. The summed E-state index contributed by atoms with van der Waals surface area (Å²) in [5, 5.41) is 0. The summed E-state index contributed by atoms with van der Waals surface area (Å²) < 4.78 is 5.36. The third-order valence-electron chi connectivity index (χ3n) is 1.28. The van der Waals surface area contributed by atoms with Crippen LogP contribution in [0, 0.1) is 6.07 Å². The van der Waals surface area contributed by atoms with Gasteiger partial charge in [0, 0.05) is 0 Å². The van der Waals surface area contributed by atoms with E-state index in [9.17, 15) is 0 Å². The summed E-state index contributed by atoms with van der Waals surface area (Å²) in [4.78, 5) is 0. The van der Waals surface area contributed by atoms with Gasteiger partial charge < -0.3 is 4.74 Å². The van der Waals surface area contributed by atoms with Gasteiger partial charge in [-0.1, -0.05) is 18.2 Å². The van der Waals surface area contributed by atoms with Crippen molar-refractivity contribution in [1.82, 2.24) is 0 Å². The van der Waals surface area contributed by atoms with Gasteiger partial charge in [-0.15, -0.1) is 6.58 Å².